The van der Waals surface area contributed by atoms with Gasteiger partial charge in [-0.3, -0.25) is 4.98 Å². The minimum absolute atomic E-state index is 0.138. The maximum absolute atomic E-state index is 14.8. The summed E-state index contributed by atoms with van der Waals surface area (Å²) in [7, 11) is 0. The number of rotatable bonds is 13. The number of unbranched alkanes of at least 4 members (excludes halogenated alkanes) is 7. The van der Waals surface area contributed by atoms with Crippen molar-refractivity contribution in [3.8, 4) is 11.3 Å². The van der Waals surface area contributed by atoms with E-state index in [0.29, 0.717) is 11.5 Å². The molecule has 0 unspecified atom stereocenters. The summed E-state index contributed by atoms with van der Waals surface area (Å²) in [6.45, 7) is 4.53. The van der Waals surface area contributed by atoms with Crippen LogP contribution in [0.25, 0.3) is 11.3 Å². The Kier molecular flexibility index (Phi) is 10.7. The second-order valence-corrected chi connectivity index (χ2v) is 10.0. The van der Waals surface area contributed by atoms with Gasteiger partial charge in [-0.25, -0.2) is 4.39 Å². The van der Waals surface area contributed by atoms with Gasteiger partial charge in [-0.15, -0.1) is 0 Å². The second kappa shape index (κ2) is 13.8. The highest BCUT2D eigenvalue weighted by Gasteiger charge is 2.22. The molecular formula is C30H44FN. The fourth-order valence-electron chi connectivity index (χ4n) is 5.30. The normalized spacial score (nSPS) is 18.7. The molecule has 0 radical (unpaired) electrons. The van der Waals surface area contributed by atoms with Gasteiger partial charge in [-0.05, 0) is 79.7 Å². The van der Waals surface area contributed by atoms with Crippen LogP contribution in [0.3, 0.4) is 0 Å². The number of aryl methyl sites for hydroxylation is 1. The Morgan fingerprint density at radius 1 is 0.812 bits per heavy atom. The molecule has 1 aromatic heterocycles. The maximum atomic E-state index is 14.8. The molecule has 0 saturated heterocycles. The van der Waals surface area contributed by atoms with Crippen LogP contribution in [0.1, 0.15) is 121 Å². The highest BCUT2D eigenvalue weighted by atomic mass is 19.1. The standard InChI is InChI=1S/C30H44FN/c1-3-5-7-8-9-11-13-25-16-20-28(29(31)22-25)30-21-19-27(23-32-30)26-17-14-24(15-18-26)12-10-6-4-2/h16,19-24,26H,3-15,17-18H2,1-2H3/t24-,26-. The number of hydrogen-bond donors (Lipinski definition) is 0. The number of hydrogen-bond acceptors (Lipinski definition) is 1. The van der Waals surface area contributed by atoms with Gasteiger partial charge in [0, 0.05) is 11.8 Å². The highest BCUT2D eigenvalue weighted by Crippen LogP contribution is 2.38. The van der Waals surface area contributed by atoms with E-state index in [1.165, 1.54) is 89.0 Å². The molecule has 1 heterocycles. The molecule has 1 aliphatic rings. The minimum atomic E-state index is -0.138. The third kappa shape index (κ3) is 7.71. The molecule has 0 bridgehead atoms. The van der Waals surface area contributed by atoms with E-state index in [0.717, 1.165) is 30.0 Å². The monoisotopic (exact) mass is 437 g/mol. The van der Waals surface area contributed by atoms with E-state index in [-0.39, 0.29) is 5.82 Å². The minimum Gasteiger partial charge on any atom is -0.256 e. The number of nitrogens with zero attached hydrogens (tertiary/aromatic N) is 1. The molecule has 2 heteroatoms. The van der Waals surface area contributed by atoms with E-state index < -0.39 is 0 Å². The Hall–Kier alpha value is -1.70. The van der Waals surface area contributed by atoms with Crippen LogP contribution < -0.4 is 0 Å². The Morgan fingerprint density at radius 2 is 1.53 bits per heavy atom. The Morgan fingerprint density at radius 3 is 2.22 bits per heavy atom. The first-order valence-corrected chi connectivity index (χ1v) is 13.5. The van der Waals surface area contributed by atoms with E-state index in [1.807, 2.05) is 18.3 Å². The molecule has 1 fully saturated rings. The van der Waals surface area contributed by atoms with Crippen LogP contribution in [0.15, 0.2) is 36.5 Å². The highest BCUT2D eigenvalue weighted by molar-refractivity contribution is 5.60. The molecular weight excluding hydrogens is 393 g/mol. The summed E-state index contributed by atoms with van der Waals surface area (Å²) in [5.74, 6) is 1.42. The summed E-state index contributed by atoms with van der Waals surface area (Å²) in [5, 5.41) is 0. The quantitative estimate of drug-likeness (QED) is 0.284. The van der Waals surface area contributed by atoms with Crippen LogP contribution in [0.2, 0.25) is 0 Å². The number of pyridine rings is 1. The molecule has 0 amide bonds. The van der Waals surface area contributed by atoms with E-state index in [2.05, 4.69) is 31.0 Å². The van der Waals surface area contributed by atoms with Gasteiger partial charge in [0.2, 0.25) is 0 Å². The van der Waals surface area contributed by atoms with Gasteiger partial charge < -0.3 is 0 Å². The summed E-state index contributed by atoms with van der Waals surface area (Å²) >= 11 is 0. The lowest BCUT2D eigenvalue weighted by Gasteiger charge is -2.28. The van der Waals surface area contributed by atoms with Gasteiger partial charge in [-0.1, -0.05) is 83.8 Å². The molecule has 1 aromatic carbocycles. The molecule has 2 aromatic rings. The zero-order valence-electron chi connectivity index (χ0n) is 20.6. The van der Waals surface area contributed by atoms with Crippen LogP contribution >= 0.6 is 0 Å². The molecule has 1 aliphatic carbocycles. The Bertz CT molecular complexity index is 774. The molecule has 1 nitrogen and oxygen atoms in total. The summed E-state index contributed by atoms with van der Waals surface area (Å²) in [6, 6.07) is 9.93. The van der Waals surface area contributed by atoms with Crippen LogP contribution in [-0.4, -0.2) is 4.98 Å². The van der Waals surface area contributed by atoms with E-state index >= 15 is 0 Å². The lowest BCUT2D eigenvalue weighted by atomic mass is 9.77. The summed E-state index contributed by atoms with van der Waals surface area (Å²) in [5.41, 5.74) is 3.82. The van der Waals surface area contributed by atoms with Crippen molar-refractivity contribution in [1.82, 2.24) is 4.98 Å². The number of halogens is 1. The van der Waals surface area contributed by atoms with Crippen LogP contribution in [0.4, 0.5) is 4.39 Å². The predicted octanol–water partition coefficient (Wildman–Crippen LogP) is 9.64. The Balaban J connectivity index is 1.49. The van der Waals surface area contributed by atoms with Crippen LogP contribution in [-0.2, 0) is 6.42 Å². The van der Waals surface area contributed by atoms with E-state index in [4.69, 9.17) is 0 Å². The predicted molar refractivity (Wildman–Crippen MR) is 136 cm³/mol. The topological polar surface area (TPSA) is 12.9 Å². The van der Waals surface area contributed by atoms with Gasteiger partial charge in [0.25, 0.3) is 0 Å². The summed E-state index contributed by atoms with van der Waals surface area (Å²) in [4.78, 5) is 4.66. The molecule has 0 N–H and O–H groups in total. The van der Waals surface area contributed by atoms with Crippen molar-refractivity contribution in [1.29, 1.82) is 0 Å². The van der Waals surface area contributed by atoms with Crippen molar-refractivity contribution in [2.24, 2.45) is 5.92 Å². The third-order valence-electron chi connectivity index (χ3n) is 7.45. The molecule has 3 rings (SSSR count). The van der Waals surface area contributed by atoms with Crippen LogP contribution in [0, 0.1) is 11.7 Å². The zero-order chi connectivity index (χ0) is 22.6. The first kappa shape index (κ1) is 24.9. The second-order valence-electron chi connectivity index (χ2n) is 10.0. The van der Waals surface area contributed by atoms with Crippen LogP contribution in [0.5, 0.6) is 0 Å². The van der Waals surface area contributed by atoms with Gasteiger partial charge >= 0.3 is 0 Å². The van der Waals surface area contributed by atoms with Crippen molar-refractivity contribution in [2.45, 2.75) is 116 Å². The Labute approximate surface area is 196 Å². The van der Waals surface area contributed by atoms with Crippen molar-refractivity contribution in [3.63, 3.8) is 0 Å². The SMILES string of the molecule is CCCCCCCCc1ccc(-c2ccc([C@H]3CC[C@H](CCCCC)CC3)cn2)c(F)c1. The van der Waals surface area contributed by atoms with Crippen molar-refractivity contribution in [2.75, 3.05) is 0 Å². The number of benzene rings is 1. The lowest BCUT2D eigenvalue weighted by Crippen LogP contribution is -2.13. The van der Waals surface area contributed by atoms with Gasteiger partial charge in [0.05, 0.1) is 5.69 Å². The summed E-state index contributed by atoms with van der Waals surface area (Å²) < 4.78 is 14.8. The maximum Gasteiger partial charge on any atom is 0.132 e. The summed E-state index contributed by atoms with van der Waals surface area (Å²) in [6.07, 6.45) is 21.3. The smallest absolute Gasteiger partial charge is 0.132 e. The fraction of sp³-hybridized carbons (Fsp3) is 0.633. The zero-order valence-corrected chi connectivity index (χ0v) is 20.6. The van der Waals surface area contributed by atoms with E-state index in [9.17, 15) is 4.39 Å². The van der Waals surface area contributed by atoms with E-state index in [1.54, 1.807) is 6.07 Å². The first-order chi connectivity index (χ1) is 15.7. The average Bonchev–Trinajstić information content (AvgIpc) is 2.82. The molecule has 0 aliphatic heterocycles. The molecule has 0 atom stereocenters. The molecule has 1 saturated carbocycles. The third-order valence-corrected chi connectivity index (χ3v) is 7.45. The van der Waals surface area contributed by atoms with Crippen molar-refractivity contribution >= 4 is 0 Å². The average molecular weight is 438 g/mol. The van der Waals surface area contributed by atoms with Gasteiger partial charge in [0.1, 0.15) is 5.82 Å². The fourth-order valence-corrected chi connectivity index (χ4v) is 5.30. The lowest BCUT2D eigenvalue weighted by molar-refractivity contribution is 0.302. The molecule has 32 heavy (non-hydrogen) atoms. The van der Waals surface area contributed by atoms with Gasteiger partial charge in [-0.2, -0.15) is 0 Å². The van der Waals surface area contributed by atoms with Crippen molar-refractivity contribution in [3.05, 3.63) is 53.5 Å². The first-order valence-electron chi connectivity index (χ1n) is 13.5. The van der Waals surface area contributed by atoms with Crippen molar-refractivity contribution < 1.29 is 4.39 Å². The number of aromatic nitrogens is 1. The van der Waals surface area contributed by atoms with Gasteiger partial charge in [0.15, 0.2) is 0 Å². The molecule has 176 valence electrons. The molecule has 0 spiro atoms. The largest absolute Gasteiger partial charge is 0.256 e.